The second-order valence-electron chi connectivity index (χ2n) is 7.21. The molecule has 3 aromatic rings. The number of carbonyl (C=O) groups is 2. The molecule has 0 bridgehead atoms. The van der Waals surface area contributed by atoms with Crippen LogP contribution in [0.15, 0.2) is 66.2 Å². The van der Waals surface area contributed by atoms with Gasteiger partial charge >= 0.3 is 5.97 Å². The van der Waals surface area contributed by atoms with Crippen LogP contribution in [-0.4, -0.2) is 23.9 Å². The first-order valence-corrected chi connectivity index (χ1v) is 10.4. The quantitative estimate of drug-likeness (QED) is 0.118. The van der Waals surface area contributed by atoms with Gasteiger partial charge in [-0.3, -0.25) is 14.9 Å². The molecule has 0 aromatic heterocycles. The van der Waals surface area contributed by atoms with Crippen molar-refractivity contribution in [3.05, 3.63) is 98.1 Å². The van der Waals surface area contributed by atoms with Crippen LogP contribution < -0.4 is 14.8 Å². The summed E-state index contributed by atoms with van der Waals surface area (Å²) in [6.07, 6.45) is 1.26. The summed E-state index contributed by atoms with van der Waals surface area (Å²) >= 11 is 6.23. The zero-order valence-electron chi connectivity index (χ0n) is 18.6. The lowest BCUT2D eigenvalue weighted by atomic mass is 10.1. The van der Waals surface area contributed by atoms with Crippen molar-refractivity contribution in [3.8, 4) is 17.6 Å². The molecule has 0 saturated heterocycles. The first-order valence-electron chi connectivity index (χ1n) is 10.1. The monoisotopic (exact) mass is 491 g/mol. The fraction of sp³-hybridized carbons (Fsp3) is 0.0800. The van der Waals surface area contributed by atoms with Crippen molar-refractivity contribution >= 4 is 40.9 Å². The van der Waals surface area contributed by atoms with Crippen LogP contribution in [0, 0.1) is 28.4 Å². The number of methoxy groups -OCH3 is 1. The van der Waals surface area contributed by atoms with Gasteiger partial charge in [-0.1, -0.05) is 23.7 Å². The van der Waals surface area contributed by atoms with Crippen LogP contribution in [0.5, 0.6) is 11.5 Å². The molecule has 0 saturated carbocycles. The SMILES string of the molecule is COc1ccc(C(=O)Oc2ccc(/C=C(\C#N)C(=O)Nc3ccc(C)cc3[N+](=O)[O-])cc2Cl)cc1. The third-order valence-electron chi connectivity index (χ3n) is 4.76. The minimum atomic E-state index is -0.828. The molecule has 176 valence electrons. The van der Waals surface area contributed by atoms with E-state index in [0.29, 0.717) is 22.4 Å². The molecule has 0 fully saturated rings. The largest absolute Gasteiger partial charge is 0.497 e. The number of rotatable bonds is 7. The number of benzene rings is 3. The van der Waals surface area contributed by atoms with Gasteiger partial charge in [-0.2, -0.15) is 5.26 Å². The van der Waals surface area contributed by atoms with Crippen molar-refractivity contribution in [3.63, 3.8) is 0 Å². The maximum absolute atomic E-state index is 12.6. The van der Waals surface area contributed by atoms with Gasteiger partial charge in [-0.05, 0) is 66.6 Å². The van der Waals surface area contributed by atoms with E-state index >= 15 is 0 Å². The Labute approximate surface area is 205 Å². The first-order chi connectivity index (χ1) is 16.7. The zero-order chi connectivity index (χ0) is 25.5. The van der Waals surface area contributed by atoms with Crippen LogP contribution in [0.3, 0.4) is 0 Å². The van der Waals surface area contributed by atoms with E-state index < -0.39 is 16.8 Å². The Kier molecular flexibility index (Phi) is 7.81. The molecule has 0 spiro atoms. The van der Waals surface area contributed by atoms with E-state index in [0.717, 1.165) is 0 Å². The van der Waals surface area contributed by atoms with Crippen LogP contribution >= 0.6 is 11.6 Å². The summed E-state index contributed by atoms with van der Waals surface area (Å²) in [5, 5.41) is 23.2. The van der Waals surface area contributed by atoms with E-state index in [4.69, 9.17) is 21.1 Å². The maximum Gasteiger partial charge on any atom is 0.343 e. The number of nitro benzene ring substituents is 1. The molecule has 10 heteroatoms. The van der Waals surface area contributed by atoms with E-state index in [9.17, 15) is 25.0 Å². The van der Waals surface area contributed by atoms with Crippen molar-refractivity contribution in [1.82, 2.24) is 0 Å². The van der Waals surface area contributed by atoms with Gasteiger partial charge in [0.25, 0.3) is 11.6 Å². The highest BCUT2D eigenvalue weighted by atomic mass is 35.5. The molecule has 0 aliphatic rings. The number of nitro groups is 1. The number of hydrogen-bond acceptors (Lipinski definition) is 7. The van der Waals surface area contributed by atoms with Crippen molar-refractivity contribution in [2.75, 3.05) is 12.4 Å². The number of esters is 1. The second-order valence-corrected chi connectivity index (χ2v) is 7.62. The van der Waals surface area contributed by atoms with Crippen LogP contribution in [0.4, 0.5) is 11.4 Å². The first kappa shape index (κ1) is 25.0. The van der Waals surface area contributed by atoms with Gasteiger partial charge in [-0.25, -0.2) is 4.79 Å². The summed E-state index contributed by atoms with van der Waals surface area (Å²) in [5.74, 6) is -0.784. The Bertz CT molecular complexity index is 1380. The molecule has 0 radical (unpaired) electrons. The lowest BCUT2D eigenvalue weighted by molar-refractivity contribution is -0.384. The van der Waals surface area contributed by atoms with E-state index in [1.165, 1.54) is 43.5 Å². The number of carbonyl (C=O) groups excluding carboxylic acids is 2. The predicted molar refractivity (Wildman–Crippen MR) is 129 cm³/mol. The molecule has 0 aliphatic heterocycles. The highest BCUT2D eigenvalue weighted by Gasteiger charge is 2.18. The molecule has 1 amide bonds. The molecule has 3 rings (SSSR count). The number of anilines is 1. The van der Waals surface area contributed by atoms with Gasteiger partial charge in [0.2, 0.25) is 0 Å². The summed E-state index contributed by atoms with van der Waals surface area (Å²) in [7, 11) is 1.51. The number of hydrogen-bond donors (Lipinski definition) is 1. The average Bonchev–Trinajstić information content (AvgIpc) is 2.84. The van der Waals surface area contributed by atoms with E-state index in [1.54, 1.807) is 43.3 Å². The van der Waals surface area contributed by atoms with Gasteiger partial charge in [-0.15, -0.1) is 0 Å². The summed E-state index contributed by atoms with van der Waals surface area (Å²) in [6, 6.07) is 16.7. The van der Waals surface area contributed by atoms with Gasteiger partial charge in [0.15, 0.2) is 0 Å². The molecule has 9 nitrogen and oxygen atoms in total. The molecule has 0 unspecified atom stereocenters. The lowest BCUT2D eigenvalue weighted by Gasteiger charge is -2.08. The van der Waals surface area contributed by atoms with Crippen LogP contribution in [0.2, 0.25) is 5.02 Å². The Morgan fingerprint density at radius 1 is 1.11 bits per heavy atom. The maximum atomic E-state index is 12.6. The molecule has 3 aromatic carbocycles. The molecule has 0 atom stereocenters. The van der Waals surface area contributed by atoms with Crippen LogP contribution in [0.25, 0.3) is 6.08 Å². The minimum Gasteiger partial charge on any atom is -0.497 e. The van der Waals surface area contributed by atoms with Crippen molar-refractivity contribution < 1.29 is 24.0 Å². The van der Waals surface area contributed by atoms with Gasteiger partial charge in [0.05, 0.1) is 22.6 Å². The topological polar surface area (TPSA) is 132 Å². The molecular formula is C25H18ClN3O6. The number of nitrogens with one attached hydrogen (secondary N) is 1. The Hall–Kier alpha value is -4.68. The van der Waals surface area contributed by atoms with Crippen molar-refractivity contribution in [2.24, 2.45) is 0 Å². The molecular weight excluding hydrogens is 474 g/mol. The van der Waals surface area contributed by atoms with E-state index in [-0.39, 0.29) is 27.7 Å². The number of amides is 1. The standard InChI is InChI=1S/C25H18ClN3O6/c1-15-3-9-21(22(11-15)29(32)33)28-24(30)18(14-27)12-16-4-10-23(20(26)13-16)35-25(31)17-5-7-19(34-2)8-6-17/h3-13H,1-2H3,(H,28,30)/b18-12+. The Morgan fingerprint density at radius 2 is 1.83 bits per heavy atom. The van der Waals surface area contributed by atoms with E-state index in [1.807, 2.05) is 0 Å². The normalized spacial score (nSPS) is 10.7. The summed E-state index contributed by atoms with van der Waals surface area (Å²) in [6.45, 7) is 1.68. The van der Waals surface area contributed by atoms with Crippen LogP contribution in [0.1, 0.15) is 21.5 Å². The second kappa shape index (κ2) is 11.0. The lowest BCUT2D eigenvalue weighted by Crippen LogP contribution is -2.14. The fourth-order valence-corrected chi connectivity index (χ4v) is 3.21. The van der Waals surface area contributed by atoms with Crippen molar-refractivity contribution in [2.45, 2.75) is 6.92 Å². The minimum absolute atomic E-state index is 0.0365. The molecule has 0 heterocycles. The smallest absolute Gasteiger partial charge is 0.343 e. The highest BCUT2D eigenvalue weighted by Crippen LogP contribution is 2.29. The molecule has 0 aliphatic carbocycles. The average molecular weight is 492 g/mol. The number of halogens is 1. The third-order valence-corrected chi connectivity index (χ3v) is 5.05. The zero-order valence-corrected chi connectivity index (χ0v) is 19.3. The number of nitriles is 1. The predicted octanol–water partition coefficient (Wildman–Crippen LogP) is 5.33. The highest BCUT2D eigenvalue weighted by molar-refractivity contribution is 6.32. The van der Waals surface area contributed by atoms with E-state index in [2.05, 4.69) is 5.32 Å². The molecule has 1 N–H and O–H groups in total. The molecule has 35 heavy (non-hydrogen) atoms. The Morgan fingerprint density at radius 3 is 2.43 bits per heavy atom. The summed E-state index contributed by atoms with van der Waals surface area (Å²) in [5.41, 5.74) is 0.684. The summed E-state index contributed by atoms with van der Waals surface area (Å²) < 4.78 is 10.4. The number of nitrogens with zero attached hydrogens (tertiary/aromatic N) is 2. The summed E-state index contributed by atoms with van der Waals surface area (Å²) in [4.78, 5) is 35.6. The van der Waals surface area contributed by atoms with Crippen molar-refractivity contribution in [1.29, 1.82) is 5.26 Å². The fourth-order valence-electron chi connectivity index (χ4n) is 2.98. The third kappa shape index (κ3) is 6.22. The van der Waals surface area contributed by atoms with Gasteiger partial charge in [0, 0.05) is 6.07 Å². The number of aryl methyl sites for hydroxylation is 1. The van der Waals surface area contributed by atoms with Gasteiger partial charge in [0.1, 0.15) is 28.8 Å². The van der Waals surface area contributed by atoms with Gasteiger partial charge < -0.3 is 14.8 Å². The number of ether oxygens (including phenoxy) is 2. The Balaban J connectivity index is 1.77. The van der Waals surface area contributed by atoms with Crippen LogP contribution in [-0.2, 0) is 4.79 Å².